The monoisotopic (exact) mass is 344 g/mol. The molecule has 132 valence electrons. The highest BCUT2D eigenvalue weighted by atomic mass is 16.6. The molecular formula is C18H20N2O5. The number of benzene rings is 2. The van der Waals surface area contributed by atoms with E-state index < -0.39 is 23.2 Å². The average molecular weight is 344 g/mol. The van der Waals surface area contributed by atoms with Crippen molar-refractivity contribution in [3.05, 3.63) is 46.5 Å². The lowest BCUT2D eigenvalue weighted by atomic mass is 10.0. The van der Waals surface area contributed by atoms with Crippen molar-refractivity contribution >= 4 is 28.1 Å². The third-order valence-electron chi connectivity index (χ3n) is 4.51. The summed E-state index contributed by atoms with van der Waals surface area (Å²) in [4.78, 5) is 25.2. The summed E-state index contributed by atoms with van der Waals surface area (Å²) in [7, 11) is 1.31. The van der Waals surface area contributed by atoms with Crippen LogP contribution in [0.5, 0.6) is 0 Å². The van der Waals surface area contributed by atoms with Gasteiger partial charge in [-0.15, -0.1) is 0 Å². The van der Waals surface area contributed by atoms with Gasteiger partial charge in [0.25, 0.3) is 5.69 Å². The predicted molar refractivity (Wildman–Crippen MR) is 93.5 cm³/mol. The molecule has 25 heavy (non-hydrogen) atoms. The SMILES string of the molecule is COC(=O)C(C)N(c1c([N+](=O)[O-])ccc2ccccc12)C1CCCO1. The first-order valence-corrected chi connectivity index (χ1v) is 8.18. The molecule has 1 heterocycles. The summed E-state index contributed by atoms with van der Waals surface area (Å²) in [5, 5.41) is 13.2. The summed E-state index contributed by atoms with van der Waals surface area (Å²) in [6.07, 6.45) is 1.13. The van der Waals surface area contributed by atoms with Crippen molar-refractivity contribution in [1.29, 1.82) is 0 Å². The van der Waals surface area contributed by atoms with Crippen LogP contribution in [0.2, 0.25) is 0 Å². The Balaban J connectivity index is 2.25. The maximum Gasteiger partial charge on any atom is 0.328 e. The Kier molecular flexibility index (Phi) is 4.85. The summed E-state index contributed by atoms with van der Waals surface area (Å²) >= 11 is 0. The third-order valence-corrected chi connectivity index (χ3v) is 4.51. The Morgan fingerprint density at radius 2 is 2.12 bits per heavy atom. The van der Waals surface area contributed by atoms with Crippen LogP contribution in [0.4, 0.5) is 11.4 Å². The lowest BCUT2D eigenvalue weighted by molar-refractivity contribution is -0.384. The van der Waals surface area contributed by atoms with E-state index in [1.165, 1.54) is 13.2 Å². The van der Waals surface area contributed by atoms with Gasteiger partial charge in [0.2, 0.25) is 0 Å². The standard InChI is InChI=1S/C18H20N2O5/c1-12(18(21)24-2)19(16-8-5-11-25-16)17-14-7-4-3-6-13(14)9-10-15(17)20(22)23/h3-4,6-7,9-10,12,16H,5,8,11H2,1-2H3. The van der Waals surface area contributed by atoms with Gasteiger partial charge >= 0.3 is 5.97 Å². The maximum absolute atomic E-state index is 12.2. The van der Waals surface area contributed by atoms with Gasteiger partial charge in [0.15, 0.2) is 0 Å². The van der Waals surface area contributed by atoms with Crippen molar-refractivity contribution in [2.45, 2.75) is 32.0 Å². The number of anilines is 1. The topological polar surface area (TPSA) is 81.9 Å². The second-order valence-electron chi connectivity index (χ2n) is 5.99. The van der Waals surface area contributed by atoms with Crippen LogP contribution in [0.1, 0.15) is 19.8 Å². The number of methoxy groups -OCH3 is 1. The van der Waals surface area contributed by atoms with Gasteiger partial charge in [-0.05, 0) is 31.2 Å². The second-order valence-corrected chi connectivity index (χ2v) is 5.99. The fourth-order valence-corrected chi connectivity index (χ4v) is 3.31. The molecule has 2 aromatic carbocycles. The van der Waals surface area contributed by atoms with Gasteiger partial charge in [-0.1, -0.05) is 24.3 Å². The molecule has 0 aromatic heterocycles. The van der Waals surface area contributed by atoms with E-state index in [-0.39, 0.29) is 5.69 Å². The predicted octanol–water partition coefficient (Wildman–Crippen LogP) is 3.25. The summed E-state index contributed by atoms with van der Waals surface area (Å²) in [5.74, 6) is -0.460. The normalized spacial score (nSPS) is 18.1. The zero-order chi connectivity index (χ0) is 18.0. The van der Waals surface area contributed by atoms with E-state index in [0.717, 1.165) is 11.8 Å². The molecule has 2 aromatic rings. The van der Waals surface area contributed by atoms with Gasteiger partial charge in [0.1, 0.15) is 18.0 Å². The Labute approximate surface area is 145 Å². The lowest BCUT2D eigenvalue weighted by Gasteiger charge is -2.34. The maximum atomic E-state index is 12.2. The molecule has 0 saturated carbocycles. The smallest absolute Gasteiger partial charge is 0.328 e. The van der Waals surface area contributed by atoms with Crippen molar-refractivity contribution in [2.24, 2.45) is 0 Å². The van der Waals surface area contributed by atoms with Crippen LogP contribution in [0, 0.1) is 10.1 Å². The number of fused-ring (bicyclic) bond motifs is 1. The van der Waals surface area contributed by atoms with E-state index in [9.17, 15) is 14.9 Å². The molecule has 0 N–H and O–H groups in total. The molecule has 1 saturated heterocycles. The molecule has 1 aliphatic rings. The van der Waals surface area contributed by atoms with E-state index in [4.69, 9.17) is 9.47 Å². The molecule has 1 aliphatic heterocycles. The minimum absolute atomic E-state index is 0.0510. The Morgan fingerprint density at radius 1 is 1.36 bits per heavy atom. The highest BCUT2D eigenvalue weighted by Gasteiger charge is 2.36. The van der Waals surface area contributed by atoms with Crippen LogP contribution in [-0.4, -0.2) is 36.9 Å². The number of esters is 1. The lowest BCUT2D eigenvalue weighted by Crippen LogP contribution is -2.46. The van der Waals surface area contributed by atoms with Gasteiger partial charge < -0.3 is 14.4 Å². The third kappa shape index (κ3) is 3.15. The first kappa shape index (κ1) is 17.2. The first-order valence-electron chi connectivity index (χ1n) is 8.18. The fourth-order valence-electron chi connectivity index (χ4n) is 3.31. The van der Waals surface area contributed by atoms with Crippen LogP contribution in [0.3, 0.4) is 0 Å². The number of hydrogen-bond donors (Lipinski definition) is 0. The number of hydrogen-bond acceptors (Lipinski definition) is 6. The molecule has 0 amide bonds. The van der Waals surface area contributed by atoms with Gasteiger partial charge in [-0.2, -0.15) is 0 Å². The van der Waals surface area contributed by atoms with Crippen molar-refractivity contribution in [2.75, 3.05) is 18.6 Å². The molecule has 7 nitrogen and oxygen atoms in total. The number of carbonyl (C=O) groups excluding carboxylic acids is 1. The number of nitro groups is 1. The Hall–Kier alpha value is -2.67. The van der Waals surface area contributed by atoms with Crippen molar-refractivity contribution in [3.8, 4) is 0 Å². The molecular weight excluding hydrogens is 324 g/mol. The average Bonchev–Trinajstić information content (AvgIpc) is 3.15. The number of carbonyl (C=O) groups is 1. The highest BCUT2D eigenvalue weighted by Crippen LogP contribution is 2.40. The van der Waals surface area contributed by atoms with E-state index in [0.29, 0.717) is 24.1 Å². The molecule has 0 aliphatic carbocycles. The molecule has 2 atom stereocenters. The minimum Gasteiger partial charge on any atom is -0.467 e. The van der Waals surface area contributed by atoms with Crippen molar-refractivity contribution < 1.29 is 19.2 Å². The van der Waals surface area contributed by atoms with Gasteiger partial charge in [0.05, 0.1) is 12.0 Å². The summed E-state index contributed by atoms with van der Waals surface area (Å²) in [5.41, 5.74) is 0.345. The molecule has 7 heteroatoms. The molecule has 3 rings (SSSR count). The van der Waals surface area contributed by atoms with Gasteiger partial charge in [0, 0.05) is 18.1 Å². The molecule has 2 unspecified atom stereocenters. The van der Waals surface area contributed by atoms with Crippen LogP contribution in [0.15, 0.2) is 36.4 Å². The number of nitrogens with zero attached hydrogens (tertiary/aromatic N) is 2. The largest absolute Gasteiger partial charge is 0.467 e. The van der Waals surface area contributed by atoms with Crippen LogP contribution in [-0.2, 0) is 14.3 Å². The first-order chi connectivity index (χ1) is 12.0. The molecule has 0 spiro atoms. The summed E-state index contributed by atoms with van der Waals surface area (Å²) < 4.78 is 10.6. The van der Waals surface area contributed by atoms with E-state index in [1.54, 1.807) is 17.9 Å². The summed E-state index contributed by atoms with van der Waals surface area (Å²) in [6, 6.07) is 9.89. The quantitative estimate of drug-likeness (QED) is 0.470. The minimum atomic E-state index is -0.711. The summed E-state index contributed by atoms with van der Waals surface area (Å²) in [6.45, 7) is 2.24. The zero-order valence-corrected chi connectivity index (χ0v) is 14.2. The number of rotatable bonds is 5. The number of ether oxygens (including phenoxy) is 2. The van der Waals surface area contributed by atoms with Crippen molar-refractivity contribution in [1.82, 2.24) is 0 Å². The van der Waals surface area contributed by atoms with Gasteiger partial charge in [-0.25, -0.2) is 4.79 Å². The van der Waals surface area contributed by atoms with Crippen LogP contribution in [0.25, 0.3) is 10.8 Å². The highest BCUT2D eigenvalue weighted by molar-refractivity contribution is 6.00. The van der Waals surface area contributed by atoms with E-state index in [2.05, 4.69) is 0 Å². The number of nitro benzene ring substituents is 1. The van der Waals surface area contributed by atoms with Gasteiger partial charge in [-0.3, -0.25) is 10.1 Å². The molecule has 0 radical (unpaired) electrons. The zero-order valence-electron chi connectivity index (χ0n) is 14.2. The molecule has 1 fully saturated rings. The second kappa shape index (κ2) is 7.06. The Morgan fingerprint density at radius 3 is 2.76 bits per heavy atom. The van der Waals surface area contributed by atoms with Crippen molar-refractivity contribution in [3.63, 3.8) is 0 Å². The Bertz CT molecular complexity index is 801. The van der Waals surface area contributed by atoms with E-state index in [1.807, 2.05) is 24.3 Å². The van der Waals surface area contributed by atoms with E-state index >= 15 is 0 Å². The van der Waals surface area contributed by atoms with Crippen LogP contribution < -0.4 is 4.90 Å². The fraction of sp³-hybridized carbons (Fsp3) is 0.389. The van der Waals surface area contributed by atoms with Crippen LogP contribution >= 0.6 is 0 Å². The molecule has 0 bridgehead atoms.